The summed E-state index contributed by atoms with van der Waals surface area (Å²) in [7, 11) is 1.19. The zero-order chi connectivity index (χ0) is 20.6. The zero-order valence-corrected chi connectivity index (χ0v) is 14.9. The molecule has 8 unspecified atom stereocenters. The molecule has 2 heterocycles. The number of allylic oxidation sites excluding steroid dienone is 1. The van der Waals surface area contributed by atoms with Gasteiger partial charge in [0.2, 0.25) is 6.29 Å². The molecule has 0 aromatic rings. The molecule has 156 valence electrons. The second-order valence-corrected chi connectivity index (χ2v) is 6.74. The van der Waals surface area contributed by atoms with Gasteiger partial charge < -0.3 is 44.5 Å². The smallest absolute Gasteiger partial charge is 0.337 e. The molecular weight excluding hydrogens is 380 g/mol. The lowest BCUT2D eigenvalue weighted by Crippen LogP contribution is -2.60. The topological polar surface area (TPSA) is 172 Å². The van der Waals surface area contributed by atoms with E-state index >= 15 is 0 Å². The first kappa shape index (κ1) is 20.7. The van der Waals surface area contributed by atoms with Gasteiger partial charge in [-0.15, -0.1) is 0 Å². The lowest BCUT2D eigenvalue weighted by Gasteiger charge is -2.42. The number of fused-ring (bicyclic) bond motifs is 1. The van der Waals surface area contributed by atoms with Crippen LogP contribution in [0.25, 0.3) is 0 Å². The van der Waals surface area contributed by atoms with Crippen molar-refractivity contribution in [2.45, 2.75) is 43.4 Å². The van der Waals surface area contributed by atoms with Crippen molar-refractivity contribution in [3.8, 4) is 0 Å². The number of aliphatic hydroxyl groups is 4. The van der Waals surface area contributed by atoms with E-state index in [1.54, 1.807) is 0 Å². The van der Waals surface area contributed by atoms with E-state index in [-0.39, 0.29) is 17.6 Å². The van der Waals surface area contributed by atoms with Gasteiger partial charge in [-0.25, -0.2) is 9.59 Å². The van der Waals surface area contributed by atoms with E-state index in [1.807, 2.05) is 0 Å². The van der Waals surface area contributed by atoms with E-state index in [0.717, 1.165) is 6.26 Å². The molecule has 0 aromatic carbocycles. The first-order valence-electron chi connectivity index (χ1n) is 8.63. The lowest BCUT2D eigenvalue weighted by atomic mass is 9.83. The number of rotatable bonds is 5. The number of carboxylic acid groups (broad SMARTS) is 1. The van der Waals surface area contributed by atoms with Crippen LogP contribution >= 0.6 is 0 Å². The molecule has 1 fully saturated rings. The number of carboxylic acids is 1. The van der Waals surface area contributed by atoms with Gasteiger partial charge >= 0.3 is 11.9 Å². The Hall–Kier alpha value is -2.02. The average molecular weight is 402 g/mol. The summed E-state index contributed by atoms with van der Waals surface area (Å²) in [6.07, 6.45) is -6.06. The molecule has 11 nitrogen and oxygen atoms in total. The van der Waals surface area contributed by atoms with Gasteiger partial charge in [0.25, 0.3) is 0 Å². The molecule has 0 bridgehead atoms. The fourth-order valence-electron chi connectivity index (χ4n) is 3.70. The van der Waals surface area contributed by atoms with Crippen LogP contribution in [-0.2, 0) is 28.5 Å². The molecule has 28 heavy (non-hydrogen) atoms. The van der Waals surface area contributed by atoms with Crippen molar-refractivity contribution in [3.05, 3.63) is 23.5 Å². The summed E-state index contributed by atoms with van der Waals surface area (Å²) in [6, 6.07) is 0. The van der Waals surface area contributed by atoms with Gasteiger partial charge in [-0.3, -0.25) is 0 Å². The first-order chi connectivity index (χ1) is 13.3. The highest BCUT2D eigenvalue weighted by molar-refractivity contribution is 5.92. The van der Waals surface area contributed by atoms with E-state index in [2.05, 4.69) is 0 Å². The van der Waals surface area contributed by atoms with Crippen molar-refractivity contribution in [2.24, 2.45) is 11.8 Å². The molecule has 2 aliphatic heterocycles. The van der Waals surface area contributed by atoms with E-state index in [9.17, 15) is 35.1 Å². The fourth-order valence-corrected chi connectivity index (χ4v) is 3.70. The number of hydrogen-bond acceptors (Lipinski definition) is 10. The SMILES string of the molecule is COC(=O)C1=COC(OC2OC(CO)C(O)C(O)C2O)C2C(C(=O)O)=CCC12. The third-order valence-electron chi connectivity index (χ3n) is 5.19. The van der Waals surface area contributed by atoms with Crippen molar-refractivity contribution >= 4 is 11.9 Å². The first-order valence-corrected chi connectivity index (χ1v) is 8.63. The highest BCUT2D eigenvalue weighted by atomic mass is 16.8. The Morgan fingerprint density at radius 2 is 1.86 bits per heavy atom. The van der Waals surface area contributed by atoms with Crippen molar-refractivity contribution in [2.75, 3.05) is 13.7 Å². The summed E-state index contributed by atoms with van der Waals surface area (Å²) in [6.45, 7) is -0.644. The number of aliphatic carboxylic acids is 1. The quantitative estimate of drug-likeness (QED) is 0.318. The molecule has 3 aliphatic rings. The Labute approximate surface area is 159 Å². The maximum Gasteiger partial charge on any atom is 0.337 e. The Bertz CT molecular complexity index is 685. The molecule has 0 aromatic heterocycles. The molecule has 3 rings (SSSR count). The largest absolute Gasteiger partial charge is 0.478 e. The van der Waals surface area contributed by atoms with E-state index in [1.165, 1.54) is 13.2 Å². The van der Waals surface area contributed by atoms with Crippen LogP contribution in [0.3, 0.4) is 0 Å². The van der Waals surface area contributed by atoms with E-state index < -0.39 is 67.4 Å². The van der Waals surface area contributed by atoms with Crippen molar-refractivity contribution < 1.29 is 54.1 Å². The summed E-state index contributed by atoms with van der Waals surface area (Å²) in [5, 5.41) is 48.6. The van der Waals surface area contributed by atoms with E-state index in [0.29, 0.717) is 0 Å². The monoisotopic (exact) mass is 402 g/mol. The van der Waals surface area contributed by atoms with Crippen LogP contribution in [0, 0.1) is 11.8 Å². The summed E-state index contributed by atoms with van der Waals surface area (Å²) < 4.78 is 21.0. The predicted octanol–water partition coefficient (Wildman–Crippen LogP) is -2.14. The maximum absolute atomic E-state index is 12.0. The predicted molar refractivity (Wildman–Crippen MR) is 87.1 cm³/mol. The van der Waals surface area contributed by atoms with Crippen LogP contribution < -0.4 is 0 Å². The third kappa shape index (κ3) is 3.52. The highest BCUT2D eigenvalue weighted by Crippen LogP contribution is 2.44. The molecule has 1 aliphatic carbocycles. The van der Waals surface area contributed by atoms with Gasteiger partial charge in [-0.2, -0.15) is 0 Å². The van der Waals surface area contributed by atoms with Crippen LogP contribution in [-0.4, -0.2) is 88.2 Å². The number of carbonyl (C=O) groups excluding carboxylic acids is 1. The molecule has 1 saturated heterocycles. The number of hydrogen-bond donors (Lipinski definition) is 5. The van der Waals surface area contributed by atoms with Crippen molar-refractivity contribution in [1.82, 2.24) is 0 Å². The third-order valence-corrected chi connectivity index (χ3v) is 5.19. The second kappa shape index (κ2) is 8.15. The molecule has 11 heteroatoms. The molecule has 8 atom stereocenters. The summed E-state index contributed by atoms with van der Waals surface area (Å²) in [4.78, 5) is 23.6. The summed E-state index contributed by atoms with van der Waals surface area (Å²) >= 11 is 0. The van der Waals surface area contributed by atoms with Crippen LogP contribution in [0.4, 0.5) is 0 Å². The Balaban J connectivity index is 1.84. The van der Waals surface area contributed by atoms with Gasteiger partial charge in [-0.1, -0.05) is 6.08 Å². The van der Waals surface area contributed by atoms with Crippen LogP contribution in [0.2, 0.25) is 0 Å². The number of aliphatic hydroxyl groups excluding tert-OH is 4. The highest BCUT2D eigenvalue weighted by Gasteiger charge is 2.51. The van der Waals surface area contributed by atoms with Gasteiger partial charge in [0, 0.05) is 11.5 Å². The molecule has 0 amide bonds. The Morgan fingerprint density at radius 1 is 1.14 bits per heavy atom. The normalized spacial score (nSPS) is 40.0. The molecule has 0 radical (unpaired) electrons. The minimum Gasteiger partial charge on any atom is -0.478 e. The number of esters is 1. The molecule has 5 N–H and O–H groups in total. The molecule has 0 saturated carbocycles. The van der Waals surface area contributed by atoms with Gasteiger partial charge in [-0.05, 0) is 6.42 Å². The summed E-state index contributed by atoms with van der Waals surface area (Å²) in [5.74, 6) is -3.36. The molecule has 0 spiro atoms. The molecular formula is C17H22O11. The van der Waals surface area contributed by atoms with Crippen LogP contribution in [0.15, 0.2) is 23.5 Å². The van der Waals surface area contributed by atoms with Crippen molar-refractivity contribution in [3.63, 3.8) is 0 Å². The van der Waals surface area contributed by atoms with E-state index in [4.69, 9.17) is 18.9 Å². The van der Waals surface area contributed by atoms with Gasteiger partial charge in [0.15, 0.2) is 6.29 Å². The minimum absolute atomic E-state index is 0.0332. The Kier molecular flexibility index (Phi) is 6.03. The maximum atomic E-state index is 12.0. The van der Waals surface area contributed by atoms with Gasteiger partial charge in [0.1, 0.15) is 24.4 Å². The minimum atomic E-state index is -1.68. The van der Waals surface area contributed by atoms with Gasteiger partial charge in [0.05, 0.1) is 31.5 Å². The van der Waals surface area contributed by atoms with Crippen LogP contribution in [0.1, 0.15) is 6.42 Å². The van der Waals surface area contributed by atoms with Crippen molar-refractivity contribution in [1.29, 1.82) is 0 Å². The Morgan fingerprint density at radius 3 is 2.46 bits per heavy atom. The number of ether oxygens (including phenoxy) is 4. The number of carbonyl (C=O) groups is 2. The average Bonchev–Trinajstić information content (AvgIpc) is 3.13. The number of methoxy groups -OCH3 is 1. The fraction of sp³-hybridized carbons (Fsp3) is 0.647. The lowest BCUT2D eigenvalue weighted by molar-refractivity contribution is -0.339. The standard InChI is InChI=1S/C17H22O11/c1-25-15(24)8-5-26-16(10-6(8)2-3-7(10)14(22)23)28-17-13(21)12(20)11(19)9(4-18)27-17/h3,5-6,9-13,16-21H,2,4H2,1H3,(H,22,23). The van der Waals surface area contributed by atoms with Crippen LogP contribution in [0.5, 0.6) is 0 Å². The zero-order valence-electron chi connectivity index (χ0n) is 14.9. The second-order valence-electron chi connectivity index (χ2n) is 6.74. The summed E-state index contributed by atoms with van der Waals surface area (Å²) in [5.41, 5.74) is 0.114.